The molecule has 2 fully saturated rings. The average molecular weight is 357 g/mol. The molecule has 0 N–H and O–H groups in total. The quantitative estimate of drug-likeness (QED) is 0.815. The van der Waals surface area contributed by atoms with Crippen molar-refractivity contribution in [2.45, 2.75) is 18.9 Å². The minimum Gasteiger partial charge on any atom is -0.378 e. The molecule has 2 saturated heterocycles. The summed E-state index contributed by atoms with van der Waals surface area (Å²) in [5.41, 5.74) is 0. The fourth-order valence-corrected chi connectivity index (χ4v) is 3.38. The molecule has 24 heavy (non-hydrogen) atoms. The predicted octanol–water partition coefficient (Wildman–Crippen LogP) is 2.23. The SMILES string of the molecule is CN(C(=O)N1CCOCC1)C1CCN(c2ncc(Cl)cc2F)CC1. The van der Waals surface area contributed by atoms with E-state index in [1.165, 1.54) is 12.3 Å². The van der Waals surface area contributed by atoms with Gasteiger partial charge in [-0.15, -0.1) is 0 Å². The Labute approximate surface area is 146 Å². The third kappa shape index (κ3) is 3.72. The average Bonchev–Trinajstić information content (AvgIpc) is 2.61. The van der Waals surface area contributed by atoms with Gasteiger partial charge in [0.15, 0.2) is 11.6 Å². The van der Waals surface area contributed by atoms with E-state index >= 15 is 0 Å². The van der Waals surface area contributed by atoms with Crippen molar-refractivity contribution >= 4 is 23.4 Å². The summed E-state index contributed by atoms with van der Waals surface area (Å²) in [4.78, 5) is 22.2. The maximum atomic E-state index is 14.0. The Kier molecular flexibility index (Phi) is 5.40. The number of halogens is 2. The highest BCUT2D eigenvalue weighted by Gasteiger charge is 2.29. The third-order valence-electron chi connectivity index (χ3n) is 4.68. The highest BCUT2D eigenvalue weighted by atomic mass is 35.5. The van der Waals surface area contributed by atoms with Crippen molar-refractivity contribution in [3.8, 4) is 0 Å². The molecule has 2 amide bonds. The molecule has 1 aromatic rings. The topological polar surface area (TPSA) is 48.9 Å². The van der Waals surface area contributed by atoms with Crippen LogP contribution in [0, 0.1) is 5.82 Å². The van der Waals surface area contributed by atoms with Gasteiger partial charge in [-0.25, -0.2) is 14.2 Å². The zero-order valence-corrected chi connectivity index (χ0v) is 14.5. The summed E-state index contributed by atoms with van der Waals surface area (Å²) in [5, 5.41) is 0.293. The first kappa shape index (κ1) is 17.2. The van der Waals surface area contributed by atoms with E-state index in [0.717, 1.165) is 12.8 Å². The molecular formula is C16H22ClFN4O2. The molecule has 0 saturated carbocycles. The van der Waals surface area contributed by atoms with Gasteiger partial charge in [-0.05, 0) is 18.9 Å². The van der Waals surface area contributed by atoms with Crippen LogP contribution in [0.15, 0.2) is 12.3 Å². The summed E-state index contributed by atoms with van der Waals surface area (Å²) in [5.74, 6) is -0.0706. The number of carbonyl (C=O) groups excluding carboxylic acids is 1. The summed E-state index contributed by atoms with van der Waals surface area (Å²) in [6.45, 7) is 3.80. The molecule has 2 aliphatic rings. The van der Waals surface area contributed by atoms with Crippen molar-refractivity contribution in [2.24, 2.45) is 0 Å². The van der Waals surface area contributed by atoms with Crippen LogP contribution in [0.2, 0.25) is 5.02 Å². The number of ether oxygens (including phenoxy) is 1. The van der Waals surface area contributed by atoms with Crippen LogP contribution >= 0.6 is 11.6 Å². The number of piperidine rings is 1. The minimum atomic E-state index is -0.404. The molecule has 8 heteroatoms. The van der Waals surface area contributed by atoms with Gasteiger partial charge < -0.3 is 19.4 Å². The number of carbonyl (C=O) groups is 1. The number of anilines is 1. The Morgan fingerprint density at radius 3 is 2.62 bits per heavy atom. The number of urea groups is 1. The van der Waals surface area contributed by atoms with Crippen molar-refractivity contribution in [3.63, 3.8) is 0 Å². The van der Waals surface area contributed by atoms with E-state index in [2.05, 4.69) is 4.98 Å². The monoisotopic (exact) mass is 356 g/mol. The van der Waals surface area contributed by atoms with E-state index in [0.29, 0.717) is 50.2 Å². The molecule has 3 heterocycles. The van der Waals surface area contributed by atoms with Crippen LogP contribution in [0.4, 0.5) is 15.0 Å². The number of hydrogen-bond donors (Lipinski definition) is 0. The fourth-order valence-electron chi connectivity index (χ4n) is 3.24. The smallest absolute Gasteiger partial charge is 0.320 e. The molecule has 0 radical (unpaired) electrons. The number of rotatable bonds is 2. The maximum absolute atomic E-state index is 14.0. The second-order valence-corrected chi connectivity index (χ2v) is 6.61. The van der Waals surface area contributed by atoms with Gasteiger partial charge in [0.25, 0.3) is 0 Å². The van der Waals surface area contributed by atoms with E-state index in [4.69, 9.17) is 16.3 Å². The van der Waals surface area contributed by atoms with Gasteiger partial charge in [-0.2, -0.15) is 0 Å². The molecule has 2 aliphatic heterocycles. The molecule has 0 bridgehead atoms. The molecule has 3 rings (SSSR count). The van der Waals surface area contributed by atoms with Crippen molar-refractivity contribution in [1.29, 1.82) is 0 Å². The first-order chi connectivity index (χ1) is 11.6. The highest BCUT2D eigenvalue weighted by Crippen LogP contribution is 2.25. The lowest BCUT2D eigenvalue weighted by molar-refractivity contribution is 0.0409. The number of amides is 2. The molecule has 0 unspecified atom stereocenters. The van der Waals surface area contributed by atoms with Gasteiger partial charge >= 0.3 is 6.03 Å². The standard InChI is InChI=1S/C16H22ClFN4O2/c1-20(16(23)22-6-8-24-9-7-22)13-2-4-21(5-3-13)15-14(18)10-12(17)11-19-15/h10-11,13H,2-9H2,1H3. The van der Waals surface area contributed by atoms with Gasteiger partial charge in [-0.1, -0.05) is 11.6 Å². The number of hydrogen-bond acceptors (Lipinski definition) is 4. The fraction of sp³-hybridized carbons (Fsp3) is 0.625. The zero-order valence-electron chi connectivity index (χ0n) is 13.8. The number of nitrogens with zero attached hydrogens (tertiary/aromatic N) is 4. The molecule has 6 nitrogen and oxygen atoms in total. The highest BCUT2D eigenvalue weighted by molar-refractivity contribution is 6.30. The number of pyridine rings is 1. The lowest BCUT2D eigenvalue weighted by atomic mass is 10.0. The van der Waals surface area contributed by atoms with E-state index in [9.17, 15) is 9.18 Å². The van der Waals surface area contributed by atoms with E-state index in [1.807, 2.05) is 21.7 Å². The van der Waals surface area contributed by atoms with Crippen LogP contribution in [-0.4, -0.2) is 73.3 Å². The number of aromatic nitrogens is 1. The van der Waals surface area contributed by atoms with Crippen LogP contribution in [0.3, 0.4) is 0 Å². The Hall–Kier alpha value is -1.60. The molecule has 0 aromatic carbocycles. The summed E-state index contributed by atoms with van der Waals surface area (Å²) < 4.78 is 19.3. The Morgan fingerprint density at radius 1 is 1.33 bits per heavy atom. The Morgan fingerprint density at radius 2 is 2.00 bits per heavy atom. The Bertz CT molecular complexity index is 589. The molecule has 0 aliphatic carbocycles. The maximum Gasteiger partial charge on any atom is 0.320 e. The van der Waals surface area contributed by atoms with Gasteiger partial charge in [0, 0.05) is 45.5 Å². The Balaban J connectivity index is 1.57. The molecule has 132 valence electrons. The summed E-state index contributed by atoms with van der Waals surface area (Å²) in [6, 6.07) is 1.49. The predicted molar refractivity (Wildman–Crippen MR) is 90.0 cm³/mol. The van der Waals surface area contributed by atoms with Crippen LogP contribution in [0.25, 0.3) is 0 Å². The van der Waals surface area contributed by atoms with Gasteiger partial charge in [-0.3, -0.25) is 0 Å². The van der Waals surface area contributed by atoms with Crippen molar-refractivity contribution in [1.82, 2.24) is 14.8 Å². The van der Waals surface area contributed by atoms with Crippen molar-refractivity contribution in [3.05, 3.63) is 23.1 Å². The zero-order chi connectivity index (χ0) is 17.1. The minimum absolute atomic E-state index is 0.0487. The van der Waals surface area contributed by atoms with Crippen LogP contribution in [0.1, 0.15) is 12.8 Å². The largest absolute Gasteiger partial charge is 0.378 e. The summed E-state index contributed by atoms with van der Waals surface area (Å²) >= 11 is 5.75. The van der Waals surface area contributed by atoms with Gasteiger partial charge in [0.1, 0.15) is 0 Å². The van der Waals surface area contributed by atoms with Crippen molar-refractivity contribution in [2.75, 3.05) is 51.3 Å². The van der Waals surface area contributed by atoms with Crippen LogP contribution in [0.5, 0.6) is 0 Å². The van der Waals surface area contributed by atoms with Gasteiger partial charge in [0.2, 0.25) is 0 Å². The summed E-state index contributed by atoms with van der Waals surface area (Å²) in [6.07, 6.45) is 3.03. The lowest BCUT2D eigenvalue weighted by Gasteiger charge is -2.39. The van der Waals surface area contributed by atoms with Gasteiger partial charge in [0.05, 0.1) is 18.2 Å². The number of morpholine rings is 1. The lowest BCUT2D eigenvalue weighted by Crippen LogP contribution is -2.52. The van der Waals surface area contributed by atoms with E-state index < -0.39 is 5.82 Å². The molecule has 0 atom stereocenters. The van der Waals surface area contributed by atoms with E-state index in [1.54, 1.807) is 0 Å². The second-order valence-electron chi connectivity index (χ2n) is 6.17. The first-order valence-corrected chi connectivity index (χ1v) is 8.59. The second kappa shape index (κ2) is 7.53. The van der Waals surface area contributed by atoms with Crippen LogP contribution in [-0.2, 0) is 4.74 Å². The van der Waals surface area contributed by atoms with Crippen LogP contribution < -0.4 is 4.90 Å². The molecular weight excluding hydrogens is 335 g/mol. The molecule has 0 spiro atoms. The summed E-state index contributed by atoms with van der Waals surface area (Å²) in [7, 11) is 1.85. The molecule has 1 aromatic heterocycles. The van der Waals surface area contributed by atoms with Crippen molar-refractivity contribution < 1.29 is 13.9 Å². The first-order valence-electron chi connectivity index (χ1n) is 8.21. The third-order valence-corrected chi connectivity index (χ3v) is 4.89. The normalized spacial score (nSPS) is 19.5. The van der Waals surface area contributed by atoms with E-state index in [-0.39, 0.29) is 12.1 Å².